The SMILES string of the molecule is CN1C2CCC1(/C(=C\C(=O)O)C(=O)O)CC(Oc1ccc(C(F)(F)F)cc1)C2. The quantitative estimate of drug-likeness (QED) is 0.740. The molecule has 2 heterocycles. The van der Waals surface area contributed by atoms with Gasteiger partial charge in [0.2, 0.25) is 0 Å². The maximum absolute atomic E-state index is 12.7. The van der Waals surface area contributed by atoms with Crippen LogP contribution in [0, 0.1) is 0 Å². The summed E-state index contributed by atoms with van der Waals surface area (Å²) in [6, 6.07) is 4.34. The van der Waals surface area contributed by atoms with Gasteiger partial charge < -0.3 is 14.9 Å². The summed E-state index contributed by atoms with van der Waals surface area (Å²) in [5, 5.41) is 18.7. The van der Waals surface area contributed by atoms with Crippen molar-refractivity contribution < 1.29 is 37.7 Å². The summed E-state index contributed by atoms with van der Waals surface area (Å²) in [6.45, 7) is 0. The molecular weight excluding hydrogens is 379 g/mol. The van der Waals surface area contributed by atoms with Crippen molar-refractivity contribution in [1.29, 1.82) is 0 Å². The molecule has 2 bridgehead atoms. The summed E-state index contributed by atoms with van der Waals surface area (Å²) >= 11 is 0. The number of hydrogen-bond acceptors (Lipinski definition) is 4. The molecule has 2 aliphatic rings. The highest BCUT2D eigenvalue weighted by atomic mass is 19.4. The largest absolute Gasteiger partial charge is 0.490 e. The molecule has 3 unspecified atom stereocenters. The van der Waals surface area contributed by atoms with Gasteiger partial charge in [-0.25, -0.2) is 9.59 Å². The summed E-state index contributed by atoms with van der Waals surface area (Å²) in [4.78, 5) is 24.8. The minimum absolute atomic E-state index is 0.00439. The van der Waals surface area contributed by atoms with E-state index in [9.17, 15) is 27.9 Å². The van der Waals surface area contributed by atoms with Gasteiger partial charge in [0.25, 0.3) is 0 Å². The smallest absolute Gasteiger partial charge is 0.416 e. The Morgan fingerprint density at radius 2 is 1.89 bits per heavy atom. The fourth-order valence-electron chi connectivity index (χ4n) is 4.37. The summed E-state index contributed by atoms with van der Waals surface area (Å²) < 4.78 is 43.9. The number of benzene rings is 1. The second kappa shape index (κ2) is 7.12. The third-order valence-electron chi connectivity index (χ3n) is 5.70. The number of likely N-dealkylation sites (N-methyl/N-ethyl adjacent to an activating group) is 1. The van der Waals surface area contributed by atoms with Crippen LogP contribution < -0.4 is 4.74 Å². The van der Waals surface area contributed by atoms with E-state index in [0.29, 0.717) is 19.3 Å². The van der Waals surface area contributed by atoms with E-state index < -0.39 is 35.3 Å². The zero-order valence-corrected chi connectivity index (χ0v) is 15.1. The Morgan fingerprint density at radius 3 is 2.43 bits per heavy atom. The first kappa shape index (κ1) is 20.2. The first-order chi connectivity index (χ1) is 13.0. The van der Waals surface area contributed by atoms with E-state index in [2.05, 4.69) is 0 Å². The van der Waals surface area contributed by atoms with Crippen LogP contribution >= 0.6 is 0 Å². The molecule has 2 aliphatic heterocycles. The number of rotatable bonds is 5. The van der Waals surface area contributed by atoms with E-state index in [1.807, 2.05) is 4.90 Å². The fourth-order valence-corrected chi connectivity index (χ4v) is 4.37. The Balaban J connectivity index is 1.84. The number of alkyl halides is 3. The average Bonchev–Trinajstić information content (AvgIpc) is 2.78. The second-order valence-corrected chi connectivity index (χ2v) is 7.24. The highest BCUT2D eigenvalue weighted by molar-refractivity contribution is 5.96. The Labute approximate surface area is 159 Å². The molecule has 0 saturated carbocycles. The number of carboxylic acids is 2. The number of halogens is 3. The number of ether oxygens (including phenoxy) is 1. The molecule has 2 N–H and O–H groups in total. The zero-order chi connectivity index (χ0) is 20.7. The van der Waals surface area contributed by atoms with E-state index in [0.717, 1.165) is 18.2 Å². The standard InChI is InChI=1S/C19H20F3NO5/c1-23-12-6-7-18(23,15(17(26)27)9-16(24)25)10-14(8-12)28-13-4-2-11(3-5-13)19(20,21)22/h2-5,9,12,14H,6-8,10H2,1H3,(H,24,25)(H,26,27)/b15-9-. The maximum atomic E-state index is 12.7. The molecule has 3 atom stereocenters. The van der Waals surface area contributed by atoms with Crippen molar-refractivity contribution in [3.8, 4) is 5.75 Å². The topological polar surface area (TPSA) is 87.1 Å². The number of carbonyl (C=O) groups is 2. The van der Waals surface area contributed by atoms with Gasteiger partial charge in [0.15, 0.2) is 0 Å². The average molecular weight is 399 g/mol. The van der Waals surface area contributed by atoms with Crippen molar-refractivity contribution in [1.82, 2.24) is 4.90 Å². The van der Waals surface area contributed by atoms with Gasteiger partial charge in [-0.15, -0.1) is 0 Å². The third-order valence-corrected chi connectivity index (χ3v) is 5.70. The van der Waals surface area contributed by atoms with E-state index in [1.165, 1.54) is 12.1 Å². The van der Waals surface area contributed by atoms with Crippen molar-refractivity contribution >= 4 is 11.9 Å². The predicted octanol–water partition coefficient (Wildman–Crippen LogP) is 3.18. The van der Waals surface area contributed by atoms with Crippen LogP contribution in [0.15, 0.2) is 35.9 Å². The molecule has 0 aromatic heterocycles. The van der Waals surface area contributed by atoms with Crippen LogP contribution in [0.1, 0.15) is 31.2 Å². The van der Waals surface area contributed by atoms with Crippen molar-refractivity contribution in [2.45, 2.75) is 49.5 Å². The molecule has 0 spiro atoms. The summed E-state index contributed by atoms with van der Waals surface area (Å²) in [6.07, 6.45) is -2.15. The van der Waals surface area contributed by atoms with Crippen LogP contribution in [0.5, 0.6) is 5.75 Å². The van der Waals surface area contributed by atoms with Crippen molar-refractivity contribution in [2.75, 3.05) is 7.05 Å². The van der Waals surface area contributed by atoms with Crippen LogP contribution in [0.2, 0.25) is 0 Å². The van der Waals surface area contributed by atoms with Crippen LogP contribution in [-0.4, -0.2) is 51.8 Å². The molecule has 28 heavy (non-hydrogen) atoms. The van der Waals surface area contributed by atoms with Gasteiger partial charge in [0.1, 0.15) is 11.9 Å². The normalized spacial score (nSPS) is 28.2. The first-order valence-corrected chi connectivity index (χ1v) is 8.78. The molecule has 0 radical (unpaired) electrons. The van der Waals surface area contributed by atoms with Gasteiger partial charge in [0.05, 0.1) is 16.7 Å². The number of carboxylic acid groups (broad SMARTS) is 2. The lowest BCUT2D eigenvalue weighted by molar-refractivity contribution is -0.137. The molecule has 9 heteroatoms. The zero-order valence-electron chi connectivity index (χ0n) is 15.1. The molecule has 1 aromatic carbocycles. The molecule has 2 fully saturated rings. The summed E-state index contributed by atoms with van der Waals surface area (Å²) in [5.41, 5.74) is -1.97. The van der Waals surface area contributed by atoms with Crippen LogP contribution in [0.25, 0.3) is 0 Å². The molecule has 1 aromatic rings. The van der Waals surface area contributed by atoms with Crippen molar-refractivity contribution in [3.05, 3.63) is 41.5 Å². The Morgan fingerprint density at radius 1 is 1.25 bits per heavy atom. The van der Waals surface area contributed by atoms with E-state index in [-0.39, 0.29) is 23.8 Å². The lowest BCUT2D eigenvalue weighted by atomic mass is 9.80. The van der Waals surface area contributed by atoms with Crippen LogP contribution in [-0.2, 0) is 15.8 Å². The van der Waals surface area contributed by atoms with Gasteiger partial charge in [-0.1, -0.05) is 0 Å². The van der Waals surface area contributed by atoms with Crippen LogP contribution in [0.4, 0.5) is 13.2 Å². The predicted molar refractivity (Wildman–Crippen MR) is 92.0 cm³/mol. The first-order valence-electron chi connectivity index (χ1n) is 8.78. The van der Waals surface area contributed by atoms with E-state index in [4.69, 9.17) is 9.84 Å². The molecule has 0 amide bonds. The van der Waals surface area contributed by atoms with Gasteiger partial charge in [-0.2, -0.15) is 13.2 Å². The van der Waals surface area contributed by atoms with Crippen molar-refractivity contribution in [2.24, 2.45) is 0 Å². The molecule has 0 aliphatic carbocycles. The number of fused-ring (bicyclic) bond motifs is 2. The highest BCUT2D eigenvalue weighted by Gasteiger charge is 2.54. The monoisotopic (exact) mass is 399 g/mol. The number of hydrogen-bond donors (Lipinski definition) is 2. The van der Waals surface area contributed by atoms with Gasteiger partial charge in [0, 0.05) is 18.5 Å². The van der Waals surface area contributed by atoms with Crippen molar-refractivity contribution in [3.63, 3.8) is 0 Å². The number of piperidine rings is 1. The number of nitrogens with zero attached hydrogens (tertiary/aromatic N) is 1. The minimum atomic E-state index is -4.44. The summed E-state index contributed by atoms with van der Waals surface area (Å²) in [7, 11) is 1.77. The van der Waals surface area contributed by atoms with Gasteiger partial charge >= 0.3 is 18.1 Å². The van der Waals surface area contributed by atoms with Gasteiger partial charge in [-0.3, -0.25) is 4.90 Å². The van der Waals surface area contributed by atoms with Crippen LogP contribution in [0.3, 0.4) is 0 Å². The number of aliphatic carboxylic acids is 2. The molecule has 3 rings (SSSR count). The van der Waals surface area contributed by atoms with E-state index in [1.54, 1.807) is 7.05 Å². The molecule has 6 nitrogen and oxygen atoms in total. The molecule has 2 saturated heterocycles. The Bertz CT molecular complexity index is 805. The Hall–Kier alpha value is -2.55. The fraction of sp³-hybridized carbons (Fsp3) is 0.474. The highest BCUT2D eigenvalue weighted by Crippen LogP contribution is 2.48. The lowest BCUT2D eigenvalue weighted by Crippen LogP contribution is -2.55. The minimum Gasteiger partial charge on any atom is -0.490 e. The molecular formula is C19H20F3NO5. The Kier molecular flexibility index (Phi) is 5.14. The lowest BCUT2D eigenvalue weighted by Gasteiger charge is -2.45. The third kappa shape index (κ3) is 3.71. The molecule has 152 valence electrons. The van der Waals surface area contributed by atoms with E-state index >= 15 is 0 Å². The second-order valence-electron chi connectivity index (χ2n) is 7.24. The summed E-state index contributed by atoms with van der Waals surface area (Å²) in [5.74, 6) is -2.38. The van der Waals surface area contributed by atoms with Gasteiger partial charge in [-0.05, 0) is 50.6 Å². The maximum Gasteiger partial charge on any atom is 0.416 e.